The maximum atomic E-state index is 12.2. The van der Waals surface area contributed by atoms with Crippen LogP contribution in [0.1, 0.15) is 37.8 Å². The van der Waals surface area contributed by atoms with Crippen LogP contribution in [0.2, 0.25) is 0 Å². The molecule has 0 aliphatic carbocycles. The Kier molecular flexibility index (Phi) is 6.13. The van der Waals surface area contributed by atoms with E-state index in [-0.39, 0.29) is 18.4 Å². The summed E-state index contributed by atoms with van der Waals surface area (Å²) in [5.41, 5.74) is 2.97. The van der Waals surface area contributed by atoms with Crippen molar-refractivity contribution in [3.8, 4) is 0 Å². The molecule has 0 heterocycles. The van der Waals surface area contributed by atoms with Gasteiger partial charge in [-0.3, -0.25) is 9.59 Å². The van der Waals surface area contributed by atoms with Crippen LogP contribution < -0.4 is 10.2 Å². The topological polar surface area (TPSA) is 49.4 Å². The number of hydrogen-bond acceptors (Lipinski definition) is 2. The third-order valence-electron chi connectivity index (χ3n) is 3.89. The van der Waals surface area contributed by atoms with Gasteiger partial charge in [-0.15, -0.1) is 0 Å². The van der Waals surface area contributed by atoms with Gasteiger partial charge in [0.05, 0.1) is 0 Å². The molecule has 24 heavy (non-hydrogen) atoms. The average molecular weight is 324 g/mol. The van der Waals surface area contributed by atoms with Crippen molar-refractivity contribution in [2.24, 2.45) is 0 Å². The van der Waals surface area contributed by atoms with Gasteiger partial charge >= 0.3 is 0 Å². The predicted molar refractivity (Wildman–Crippen MR) is 96.8 cm³/mol. The highest BCUT2D eigenvalue weighted by molar-refractivity contribution is 5.97. The van der Waals surface area contributed by atoms with Gasteiger partial charge < -0.3 is 10.2 Å². The number of amides is 2. The van der Waals surface area contributed by atoms with Crippen molar-refractivity contribution in [2.75, 3.05) is 11.4 Å². The maximum absolute atomic E-state index is 12.2. The minimum absolute atomic E-state index is 0.0171. The molecule has 2 amide bonds. The van der Waals surface area contributed by atoms with Gasteiger partial charge in [0, 0.05) is 19.2 Å². The fourth-order valence-electron chi connectivity index (χ4n) is 2.42. The summed E-state index contributed by atoms with van der Waals surface area (Å²) in [5.74, 6) is 0.100. The lowest BCUT2D eigenvalue weighted by Crippen LogP contribution is -2.39. The van der Waals surface area contributed by atoms with E-state index in [1.54, 1.807) is 0 Å². The summed E-state index contributed by atoms with van der Waals surface area (Å²) < 4.78 is 0. The van der Waals surface area contributed by atoms with E-state index in [0.717, 1.165) is 11.3 Å². The van der Waals surface area contributed by atoms with E-state index in [1.807, 2.05) is 54.6 Å². The smallest absolute Gasteiger partial charge is 0.240 e. The second-order valence-electron chi connectivity index (χ2n) is 6.11. The lowest BCUT2D eigenvalue weighted by atomic mass is 10.0. The molecule has 0 aliphatic rings. The van der Waals surface area contributed by atoms with Crippen molar-refractivity contribution in [1.29, 1.82) is 0 Å². The van der Waals surface area contributed by atoms with Crippen LogP contribution in [0.15, 0.2) is 54.6 Å². The van der Waals surface area contributed by atoms with Gasteiger partial charge in [-0.25, -0.2) is 0 Å². The molecule has 2 aromatic rings. The number of anilines is 1. The standard InChI is InChI=1S/C20H24N2O2/c1-15(2)18-9-11-19(12-10-18)22(16(3)23)14-20(24)21-13-17-7-5-4-6-8-17/h4-12,15H,13-14H2,1-3H3,(H,21,24). The van der Waals surface area contributed by atoms with E-state index in [0.29, 0.717) is 12.5 Å². The largest absolute Gasteiger partial charge is 0.350 e. The van der Waals surface area contributed by atoms with Crippen molar-refractivity contribution in [1.82, 2.24) is 5.32 Å². The van der Waals surface area contributed by atoms with E-state index in [9.17, 15) is 9.59 Å². The summed E-state index contributed by atoms with van der Waals surface area (Å²) >= 11 is 0. The molecule has 0 saturated carbocycles. The van der Waals surface area contributed by atoms with Crippen LogP contribution >= 0.6 is 0 Å². The Morgan fingerprint density at radius 1 is 1.00 bits per heavy atom. The minimum atomic E-state index is -0.179. The monoisotopic (exact) mass is 324 g/mol. The molecule has 0 spiro atoms. The lowest BCUT2D eigenvalue weighted by molar-refractivity contribution is -0.123. The Labute approximate surface area is 143 Å². The third kappa shape index (κ3) is 4.95. The van der Waals surface area contributed by atoms with Gasteiger partial charge in [-0.2, -0.15) is 0 Å². The first kappa shape index (κ1) is 17.7. The van der Waals surface area contributed by atoms with E-state index >= 15 is 0 Å². The van der Waals surface area contributed by atoms with Crippen molar-refractivity contribution >= 4 is 17.5 Å². The molecular weight excluding hydrogens is 300 g/mol. The molecule has 0 aromatic heterocycles. The molecule has 0 bridgehead atoms. The number of carbonyl (C=O) groups excluding carboxylic acids is 2. The van der Waals surface area contributed by atoms with E-state index in [2.05, 4.69) is 19.2 Å². The van der Waals surface area contributed by atoms with Gasteiger partial charge in [0.15, 0.2) is 0 Å². The molecule has 0 unspecified atom stereocenters. The summed E-state index contributed by atoms with van der Waals surface area (Å²) in [4.78, 5) is 25.6. The Balaban J connectivity index is 2.00. The Bertz CT molecular complexity index is 679. The van der Waals surface area contributed by atoms with Crippen LogP contribution in [0, 0.1) is 0 Å². The minimum Gasteiger partial charge on any atom is -0.350 e. The highest BCUT2D eigenvalue weighted by atomic mass is 16.2. The van der Waals surface area contributed by atoms with Crippen molar-refractivity contribution in [3.05, 3.63) is 65.7 Å². The Hall–Kier alpha value is -2.62. The van der Waals surface area contributed by atoms with Gasteiger partial charge in [-0.1, -0.05) is 56.3 Å². The van der Waals surface area contributed by atoms with Crippen LogP contribution in [-0.2, 0) is 16.1 Å². The molecule has 0 atom stereocenters. The highest BCUT2D eigenvalue weighted by Gasteiger charge is 2.15. The number of benzene rings is 2. The van der Waals surface area contributed by atoms with Crippen molar-refractivity contribution < 1.29 is 9.59 Å². The normalized spacial score (nSPS) is 10.5. The fourth-order valence-corrected chi connectivity index (χ4v) is 2.42. The molecule has 0 fully saturated rings. The van der Waals surface area contributed by atoms with Gasteiger partial charge in [-0.05, 0) is 29.2 Å². The molecule has 2 rings (SSSR count). The summed E-state index contributed by atoms with van der Waals surface area (Å²) in [5, 5.41) is 2.85. The maximum Gasteiger partial charge on any atom is 0.240 e. The molecule has 1 N–H and O–H groups in total. The number of nitrogens with zero attached hydrogens (tertiary/aromatic N) is 1. The van der Waals surface area contributed by atoms with Crippen LogP contribution in [-0.4, -0.2) is 18.4 Å². The molecule has 2 aromatic carbocycles. The number of nitrogens with one attached hydrogen (secondary N) is 1. The van der Waals surface area contributed by atoms with Gasteiger partial charge in [0.25, 0.3) is 0 Å². The summed E-state index contributed by atoms with van der Waals surface area (Å²) in [6.07, 6.45) is 0. The Morgan fingerprint density at radius 2 is 1.62 bits per heavy atom. The molecule has 126 valence electrons. The van der Waals surface area contributed by atoms with E-state index in [4.69, 9.17) is 0 Å². The zero-order valence-electron chi connectivity index (χ0n) is 14.5. The van der Waals surface area contributed by atoms with E-state index < -0.39 is 0 Å². The van der Waals surface area contributed by atoms with Gasteiger partial charge in [0.2, 0.25) is 11.8 Å². The first-order chi connectivity index (χ1) is 11.5. The SMILES string of the molecule is CC(=O)N(CC(=O)NCc1ccccc1)c1ccc(C(C)C)cc1. The zero-order chi connectivity index (χ0) is 17.5. The van der Waals surface area contributed by atoms with Crippen LogP contribution in [0.5, 0.6) is 0 Å². The third-order valence-corrected chi connectivity index (χ3v) is 3.89. The predicted octanol–water partition coefficient (Wildman–Crippen LogP) is 3.48. The molecule has 4 nitrogen and oxygen atoms in total. The first-order valence-electron chi connectivity index (χ1n) is 8.16. The van der Waals surface area contributed by atoms with Gasteiger partial charge in [0.1, 0.15) is 6.54 Å². The Morgan fingerprint density at radius 3 is 2.17 bits per heavy atom. The molecule has 0 aliphatic heterocycles. The summed E-state index contributed by atoms with van der Waals surface area (Å²) in [7, 11) is 0. The number of carbonyl (C=O) groups is 2. The summed E-state index contributed by atoms with van der Waals surface area (Å²) in [6, 6.07) is 17.5. The molecule has 0 radical (unpaired) electrons. The van der Waals surface area contributed by atoms with Crippen LogP contribution in [0.4, 0.5) is 5.69 Å². The second-order valence-corrected chi connectivity index (χ2v) is 6.11. The summed E-state index contributed by atoms with van der Waals surface area (Å²) in [6.45, 7) is 6.19. The van der Waals surface area contributed by atoms with E-state index in [1.165, 1.54) is 17.4 Å². The van der Waals surface area contributed by atoms with Crippen LogP contribution in [0.3, 0.4) is 0 Å². The highest BCUT2D eigenvalue weighted by Crippen LogP contribution is 2.20. The lowest BCUT2D eigenvalue weighted by Gasteiger charge is -2.21. The number of hydrogen-bond donors (Lipinski definition) is 1. The van der Waals surface area contributed by atoms with Crippen molar-refractivity contribution in [3.63, 3.8) is 0 Å². The average Bonchev–Trinajstić information content (AvgIpc) is 2.58. The molecule has 4 heteroatoms. The fraction of sp³-hybridized carbons (Fsp3) is 0.300. The van der Waals surface area contributed by atoms with Crippen molar-refractivity contribution in [2.45, 2.75) is 33.2 Å². The number of rotatable bonds is 6. The second kappa shape index (κ2) is 8.29. The zero-order valence-corrected chi connectivity index (χ0v) is 14.5. The quantitative estimate of drug-likeness (QED) is 0.884. The molecule has 0 saturated heterocycles. The van der Waals surface area contributed by atoms with Crippen LogP contribution in [0.25, 0.3) is 0 Å². The molecular formula is C20H24N2O2. The first-order valence-corrected chi connectivity index (χ1v) is 8.16.